The summed E-state index contributed by atoms with van der Waals surface area (Å²) in [6, 6.07) is 4.98. The Balaban J connectivity index is 2.18. The molecular formula is C13H20BNO5S. The van der Waals surface area contributed by atoms with Crippen LogP contribution in [0.2, 0.25) is 0 Å². The van der Waals surface area contributed by atoms with E-state index in [4.69, 9.17) is 4.74 Å². The van der Waals surface area contributed by atoms with E-state index in [-0.39, 0.29) is 17.5 Å². The third-order valence-electron chi connectivity index (χ3n) is 3.88. The van der Waals surface area contributed by atoms with Crippen molar-refractivity contribution in [1.29, 1.82) is 0 Å². The van der Waals surface area contributed by atoms with Gasteiger partial charge in [-0.3, -0.25) is 4.90 Å². The van der Waals surface area contributed by atoms with E-state index < -0.39 is 17.0 Å². The van der Waals surface area contributed by atoms with Gasteiger partial charge in [-0.15, -0.1) is 0 Å². The summed E-state index contributed by atoms with van der Waals surface area (Å²) in [5.41, 5.74) is 1.12. The van der Waals surface area contributed by atoms with Gasteiger partial charge in [-0.2, -0.15) is 0 Å². The molecule has 0 aromatic heterocycles. The predicted octanol–water partition coefficient (Wildman–Crippen LogP) is -1.01. The topological polar surface area (TPSA) is 87.1 Å². The van der Waals surface area contributed by atoms with Crippen molar-refractivity contribution in [2.24, 2.45) is 0 Å². The predicted molar refractivity (Wildman–Crippen MR) is 81.3 cm³/mol. The molecule has 0 saturated carbocycles. The normalized spacial score (nSPS) is 20.7. The van der Waals surface area contributed by atoms with Gasteiger partial charge in [0.15, 0.2) is 9.84 Å². The van der Waals surface area contributed by atoms with Gasteiger partial charge >= 0.3 is 7.12 Å². The van der Waals surface area contributed by atoms with Crippen LogP contribution in [0.3, 0.4) is 0 Å². The Hall–Kier alpha value is -1.09. The Morgan fingerprint density at radius 1 is 1.43 bits per heavy atom. The minimum atomic E-state index is -2.94. The van der Waals surface area contributed by atoms with Gasteiger partial charge in [0.1, 0.15) is 5.75 Å². The van der Waals surface area contributed by atoms with Crippen LogP contribution in [0.4, 0.5) is 0 Å². The highest BCUT2D eigenvalue weighted by atomic mass is 32.2. The highest BCUT2D eigenvalue weighted by Gasteiger charge is 2.31. The van der Waals surface area contributed by atoms with E-state index in [2.05, 4.69) is 0 Å². The monoisotopic (exact) mass is 313 g/mol. The molecule has 6 nitrogen and oxygen atoms in total. The first-order chi connectivity index (χ1) is 9.82. The first kappa shape index (κ1) is 16.3. The summed E-state index contributed by atoms with van der Waals surface area (Å²) in [5.74, 6) is 1.00. The molecule has 1 heterocycles. The number of methoxy groups -OCH3 is 1. The molecule has 2 N–H and O–H groups in total. The highest BCUT2D eigenvalue weighted by molar-refractivity contribution is 7.91. The molecule has 0 aliphatic carbocycles. The number of rotatable bonds is 5. The van der Waals surface area contributed by atoms with Gasteiger partial charge in [0.2, 0.25) is 0 Å². The van der Waals surface area contributed by atoms with Crippen molar-refractivity contribution in [1.82, 2.24) is 4.90 Å². The number of hydrogen-bond acceptors (Lipinski definition) is 6. The van der Waals surface area contributed by atoms with Crippen molar-refractivity contribution in [2.45, 2.75) is 19.0 Å². The molecular weight excluding hydrogens is 293 g/mol. The minimum absolute atomic E-state index is 0.0371. The zero-order valence-corrected chi connectivity index (χ0v) is 13.0. The van der Waals surface area contributed by atoms with Gasteiger partial charge in [-0.05, 0) is 36.6 Å². The lowest BCUT2D eigenvalue weighted by atomic mass is 9.77. The maximum Gasteiger partial charge on any atom is 0.488 e. The molecule has 1 aliphatic heterocycles. The SMILES string of the molecule is COc1ccc(B(O)O)c(CN(C)C2CCS(=O)(=O)C2)c1. The van der Waals surface area contributed by atoms with Crippen LogP contribution in [0.25, 0.3) is 0 Å². The Morgan fingerprint density at radius 2 is 2.14 bits per heavy atom. The van der Waals surface area contributed by atoms with Crippen LogP contribution in [-0.4, -0.2) is 62.2 Å². The van der Waals surface area contributed by atoms with Crippen molar-refractivity contribution < 1.29 is 23.2 Å². The average molecular weight is 313 g/mol. The molecule has 1 atom stereocenters. The van der Waals surface area contributed by atoms with Crippen molar-refractivity contribution >= 4 is 22.4 Å². The summed E-state index contributed by atoms with van der Waals surface area (Å²) in [4.78, 5) is 1.94. The van der Waals surface area contributed by atoms with Crippen molar-refractivity contribution in [3.8, 4) is 5.75 Å². The number of ether oxygens (including phenoxy) is 1. The molecule has 1 aromatic rings. The Kier molecular flexibility index (Phi) is 4.93. The van der Waals surface area contributed by atoms with Crippen molar-refractivity contribution in [3.63, 3.8) is 0 Å². The fourth-order valence-corrected chi connectivity index (χ4v) is 4.42. The second-order valence-corrected chi connectivity index (χ2v) is 7.64. The number of sulfone groups is 1. The molecule has 1 aliphatic rings. The molecule has 1 saturated heterocycles. The van der Waals surface area contributed by atoms with Gasteiger partial charge < -0.3 is 14.8 Å². The second-order valence-electron chi connectivity index (χ2n) is 5.41. The molecule has 1 fully saturated rings. The number of hydrogen-bond donors (Lipinski definition) is 2. The van der Waals surface area contributed by atoms with E-state index >= 15 is 0 Å². The summed E-state index contributed by atoms with van der Waals surface area (Å²) in [7, 11) is -1.11. The third-order valence-corrected chi connectivity index (χ3v) is 5.63. The van der Waals surface area contributed by atoms with E-state index in [0.29, 0.717) is 24.2 Å². The lowest BCUT2D eigenvalue weighted by Gasteiger charge is -2.24. The highest BCUT2D eigenvalue weighted by Crippen LogP contribution is 2.19. The lowest BCUT2D eigenvalue weighted by Crippen LogP contribution is -2.38. The van der Waals surface area contributed by atoms with Crippen molar-refractivity contribution in [3.05, 3.63) is 23.8 Å². The molecule has 1 unspecified atom stereocenters. The molecule has 8 heteroatoms. The second kappa shape index (κ2) is 6.35. The van der Waals surface area contributed by atoms with E-state index in [9.17, 15) is 18.5 Å². The Labute approximate surface area is 125 Å². The number of benzene rings is 1. The Morgan fingerprint density at radius 3 is 2.67 bits per heavy atom. The lowest BCUT2D eigenvalue weighted by molar-refractivity contribution is 0.254. The van der Waals surface area contributed by atoms with Gasteiger partial charge in [0.05, 0.1) is 18.6 Å². The fraction of sp³-hybridized carbons (Fsp3) is 0.538. The molecule has 2 rings (SSSR count). The maximum atomic E-state index is 11.5. The molecule has 116 valence electrons. The first-order valence-electron chi connectivity index (χ1n) is 6.76. The maximum absolute atomic E-state index is 11.5. The molecule has 0 bridgehead atoms. The molecule has 0 spiro atoms. The van der Waals surface area contributed by atoms with Crippen LogP contribution < -0.4 is 10.2 Å². The standard InChI is InChI=1S/C13H20BNO5S/c1-15(11-5-6-21(18,19)9-11)8-10-7-12(20-2)3-4-13(10)14(16)17/h3-4,7,11,16-17H,5-6,8-9H2,1-2H3. The zero-order valence-electron chi connectivity index (χ0n) is 12.2. The van der Waals surface area contributed by atoms with Crippen LogP contribution in [0.15, 0.2) is 18.2 Å². The largest absolute Gasteiger partial charge is 0.497 e. The van der Waals surface area contributed by atoms with E-state index in [1.165, 1.54) is 0 Å². The molecule has 21 heavy (non-hydrogen) atoms. The fourth-order valence-electron chi connectivity index (χ4n) is 2.62. The quantitative estimate of drug-likeness (QED) is 0.678. The summed E-state index contributed by atoms with van der Waals surface area (Å²) < 4.78 is 28.2. The van der Waals surface area contributed by atoms with Crippen LogP contribution in [0, 0.1) is 0 Å². The minimum Gasteiger partial charge on any atom is -0.497 e. The van der Waals surface area contributed by atoms with E-state index in [0.717, 1.165) is 5.56 Å². The zero-order chi connectivity index (χ0) is 15.6. The van der Waals surface area contributed by atoms with Gasteiger partial charge in [-0.1, -0.05) is 6.07 Å². The van der Waals surface area contributed by atoms with Crippen LogP contribution in [-0.2, 0) is 16.4 Å². The summed E-state index contributed by atoms with van der Waals surface area (Å²) in [6.45, 7) is 0.435. The third kappa shape index (κ3) is 3.97. The van der Waals surface area contributed by atoms with Crippen LogP contribution >= 0.6 is 0 Å². The molecule has 0 amide bonds. The smallest absolute Gasteiger partial charge is 0.488 e. The van der Waals surface area contributed by atoms with Crippen molar-refractivity contribution in [2.75, 3.05) is 25.7 Å². The van der Waals surface area contributed by atoms with Gasteiger partial charge in [-0.25, -0.2) is 8.42 Å². The van der Waals surface area contributed by atoms with E-state index in [1.54, 1.807) is 25.3 Å². The first-order valence-corrected chi connectivity index (χ1v) is 8.58. The summed E-state index contributed by atoms with van der Waals surface area (Å²) in [6.07, 6.45) is 0.611. The average Bonchev–Trinajstić information content (AvgIpc) is 2.78. The van der Waals surface area contributed by atoms with Crippen LogP contribution in [0.5, 0.6) is 5.75 Å². The number of nitrogens with zero attached hydrogens (tertiary/aromatic N) is 1. The van der Waals surface area contributed by atoms with Crippen LogP contribution in [0.1, 0.15) is 12.0 Å². The summed E-state index contributed by atoms with van der Waals surface area (Å²) in [5, 5.41) is 18.9. The Bertz CT molecular complexity index is 605. The molecule has 1 aromatic carbocycles. The van der Waals surface area contributed by atoms with Gasteiger partial charge in [0.25, 0.3) is 0 Å². The molecule has 0 radical (unpaired) electrons. The van der Waals surface area contributed by atoms with E-state index in [1.807, 2.05) is 11.9 Å². The summed E-state index contributed by atoms with van der Waals surface area (Å²) >= 11 is 0. The van der Waals surface area contributed by atoms with Gasteiger partial charge in [0, 0.05) is 12.6 Å².